The van der Waals surface area contributed by atoms with E-state index in [9.17, 15) is 14.4 Å². The number of hydrogen-bond acceptors (Lipinski definition) is 5. The smallest absolute Gasteiger partial charge is 0.325 e. The van der Waals surface area contributed by atoms with Crippen LogP contribution in [-0.2, 0) is 20.9 Å². The number of rotatable bonds is 6. The number of amides is 1. The first-order valence-corrected chi connectivity index (χ1v) is 8.42. The summed E-state index contributed by atoms with van der Waals surface area (Å²) in [6, 6.07) is 7.24. The third-order valence-electron chi connectivity index (χ3n) is 4.25. The molecule has 0 spiro atoms. The first kappa shape index (κ1) is 17.1. The Hall–Kier alpha value is -2.70. The van der Waals surface area contributed by atoms with Gasteiger partial charge in [-0.2, -0.15) is 5.10 Å². The zero-order valence-electron chi connectivity index (χ0n) is 14.4. The minimum Gasteiger partial charge on any atom is -0.465 e. The van der Waals surface area contributed by atoms with Gasteiger partial charge in [0.2, 0.25) is 5.91 Å². The third-order valence-corrected chi connectivity index (χ3v) is 4.25. The molecule has 1 aliphatic rings. The van der Waals surface area contributed by atoms with Gasteiger partial charge in [-0.3, -0.25) is 14.4 Å². The average molecular weight is 343 g/mol. The fourth-order valence-electron chi connectivity index (χ4n) is 2.88. The van der Waals surface area contributed by atoms with Gasteiger partial charge in [0.05, 0.1) is 17.7 Å². The number of carbonyl (C=O) groups is 2. The highest BCUT2D eigenvalue weighted by Crippen LogP contribution is 2.27. The molecular formula is C18H21N3O4. The predicted octanol–water partition coefficient (Wildman–Crippen LogP) is 1.26. The van der Waals surface area contributed by atoms with Crippen LogP contribution in [0, 0.1) is 6.92 Å². The van der Waals surface area contributed by atoms with Gasteiger partial charge in [0, 0.05) is 11.4 Å². The summed E-state index contributed by atoms with van der Waals surface area (Å²) in [5.41, 5.74) is 0.382. The van der Waals surface area contributed by atoms with E-state index in [2.05, 4.69) is 5.10 Å². The molecule has 1 aromatic carbocycles. The lowest BCUT2D eigenvalue weighted by Crippen LogP contribution is -2.42. The second-order valence-electron chi connectivity index (χ2n) is 6.15. The van der Waals surface area contributed by atoms with Gasteiger partial charge in [0.25, 0.3) is 5.56 Å². The minimum atomic E-state index is -0.433. The Morgan fingerprint density at radius 1 is 1.28 bits per heavy atom. The van der Waals surface area contributed by atoms with Crippen molar-refractivity contribution in [1.82, 2.24) is 14.7 Å². The number of esters is 1. The van der Waals surface area contributed by atoms with E-state index in [0.717, 1.165) is 18.2 Å². The fourth-order valence-corrected chi connectivity index (χ4v) is 2.88. The van der Waals surface area contributed by atoms with E-state index in [1.54, 1.807) is 26.0 Å². The van der Waals surface area contributed by atoms with Crippen molar-refractivity contribution in [3.05, 3.63) is 40.3 Å². The lowest BCUT2D eigenvalue weighted by Gasteiger charge is -2.21. The third kappa shape index (κ3) is 3.70. The zero-order chi connectivity index (χ0) is 18.0. The summed E-state index contributed by atoms with van der Waals surface area (Å²) in [4.78, 5) is 38.5. The van der Waals surface area contributed by atoms with Crippen LogP contribution in [0.3, 0.4) is 0 Å². The van der Waals surface area contributed by atoms with Crippen LogP contribution in [-0.4, -0.2) is 45.8 Å². The van der Waals surface area contributed by atoms with Crippen molar-refractivity contribution in [3.8, 4) is 0 Å². The molecule has 0 radical (unpaired) electrons. The normalized spacial score (nSPS) is 13.7. The number of carbonyl (C=O) groups excluding carboxylic acids is 2. The van der Waals surface area contributed by atoms with Crippen LogP contribution in [0.2, 0.25) is 0 Å². The van der Waals surface area contributed by atoms with Crippen molar-refractivity contribution in [2.75, 3.05) is 13.2 Å². The second kappa shape index (κ2) is 7.04. The quantitative estimate of drug-likeness (QED) is 0.738. The second-order valence-corrected chi connectivity index (χ2v) is 6.15. The van der Waals surface area contributed by atoms with Crippen molar-refractivity contribution in [2.45, 2.75) is 39.3 Å². The molecule has 7 heteroatoms. The fraction of sp³-hybridized carbons (Fsp3) is 0.444. The van der Waals surface area contributed by atoms with Gasteiger partial charge in [-0.25, -0.2) is 4.68 Å². The summed E-state index contributed by atoms with van der Waals surface area (Å²) in [7, 11) is 0. The number of benzene rings is 1. The Balaban J connectivity index is 1.84. The SMILES string of the molecule is CCOC(=O)CN(C(=O)Cn1nc(C)c2ccccc2c1=O)C1CC1. The van der Waals surface area contributed by atoms with Crippen molar-refractivity contribution in [2.24, 2.45) is 0 Å². The van der Waals surface area contributed by atoms with Gasteiger partial charge in [0.1, 0.15) is 13.1 Å². The molecule has 0 atom stereocenters. The highest BCUT2D eigenvalue weighted by Gasteiger charge is 2.34. The van der Waals surface area contributed by atoms with E-state index in [-0.39, 0.29) is 37.2 Å². The molecule has 0 unspecified atom stereocenters. The number of nitrogens with zero attached hydrogens (tertiary/aromatic N) is 3. The first-order valence-electron chi connectivity index (χ1n) is 8.42. The van der Waals surface area contributed by atoms with Crippen LogP contribution < -0.4 is 5.56 Å². The van der Waals surface area contributed by atoms with E-state index >= 15 is 0 Å². The Labute approximate surface area is 145 Å². The van der Waals surface area contributed by atoms with Crippen LogP contribution in [0.15, 0.2) is 29.1 Å². The minimum absolute atomic E-state index is 0.0501. The van der Waals surface area contributed by atoms with E-state index in [4.69, 9.17) is 4.74 Å². The average Bonchev–Trinajstić information content (AvgIpc) is 3.42. The topological polar surface area (TPSA) is 81.5 Å². The maximum absolute atomic E-state index is 12.7. The van der Waals surface area contributed by atoms with Gasteiger partial charge < -0.3 is 9.64 Å². The van der Waals surface area contributed by atoms with Gasteiger partial charge in [-0.05, 0) is 32.8 Å². The number of fused-ring (bicyclic) bond motifs is 1. The van der Waals surface area contributed by atoms with Gasteiger partial charge >= 0.3 is 5.97 Å². The molecule has 1 fully saturated rings. The van der Waals surface area contributed by atoms with E-state index in [1.807, 2.05) is 12.1 Å². The molecule has 1 amide bonds. The molecule has 7 nitrogen and oxygen atoms in total. The Kier molecular flexibility index (Phi) is 4.83. The zero-order valence-corrected chi connectivity index (χ0v) is 14.4. The largest absolute Gasteiger partial charge is 0.465 e. The van der Waals surface area contributed by atoms with E-state index < -0.39 is 5.97 Å². The van der Waals surface area contributed by atoms with Gasteiger partial charge in [-0.15, -0.1) is 0 Å². The molecule has 0 aliphatic heterocycles. The molecule has 1 aliphatic carbocycles. The van der Waals surface area contributed by atoms with E-state index in [0.29, 0.717) is 11.1 Å². The first-order chi connectivity index (χ1) is 12.0. The summed E-state index contributed by atoms with van der Waals surface area (Å²) >= 11 is 0. The molecule has 0 saturated heterocycles. The van der Waals surface area contributed by atoms with Crippen molar-refractivity contribution >= 4 is 22.6 Å². The van der Waals surface area contributed by atoms with Gasteiger partial charge in [-0.1, -0.05) is 18.2 Å². The number of aromatic nitrogens is 2. The predicted molar refractivity (Wildman–Crippen MR) is 92.1 cm³/mol. The molecule has 2 aromatic rings. The monoisotopic (exact) mass is 343 g/mol. The maximum atomic E-state index is 12.7. The Morgan fingerprint density at radius 2 is 1.96 bits per heavy atom. The highest BCUT2D eigenvalue weighted by molar-refractivity contribution is 5.85. The van der Waals surface area contributed by atoms with Gasteiger partial charge in [0.15, 0.2) is 0 Å². The Morgan fingerprint density at radius 3 is 2.60 bits per heavy atom. The number of aryl methyl sites for hydroxylation is 1. The van der Waals surface area contributed by atoms with Crippen LogP contribution in [0.1, 0.15) is 25.5 Å². The molecule has 132 valence electrons. The van der Waals surface area contributed by atoms with Crippen molar-refractivity contribution < 1.29 is 14.3 Å². The maximum Gasteiger partial charge on any atom is 0.325 e. The van der Waals surface area contributed by atoms with Crippen molar-refractivity contribution in [3.63, 3.8) is 0 Å². The van der Waals surface area contributed by atoms with Crippen molar-refractivity contribution in [1.29, 1.82) is 0 Å². The van der Waals surface area contributed by atoms with Crippen LogP contribution in [0.5, 0.6) is 0 Å². The summed E-state index contributed by atoms with van der Waals surface area (Å²) in [6.07, 6.45) is 1.73. The molecular weight excluding hydrogens is 322 g/mol. The number of hydrogen-bond donors (Lipinski definition) is 0. The van der Waals surface area contributed by atoms with E-state index in [1.165, 1.54) is 9.58 Å². The molecule has 3 rings (SSSR count). The molecule has 1 aromatic heterocycles. The molecule has 1 saturated carbocycles. The molecule has 1 heterocycles. The summed E-state index contributed by atoms with van der Waals surface area (Å²) in [5, 5.41) is 5.57. The molecule has 25 heavy (non-hydrogen) atoms. The summed E-state index contributed by atoms with van der Waals surface area (Å²) < 4.78 is 6.12. The summed E-state index contributed by atoms with van der Waals surface area (Å²) in [6.45, 7) is 3.54. The lowest BCUT2D eigenvalue weighted by atomic mass is 10.1. The van der Waals surface area contributed by atoms with Crippen LogP contribution >= 0.6 is 0 Å². The Bertz CT molecular complexity index is 870. The van der Waals surface area contributed by atoms with Crippen LogP contribution in [0.25, 0.3) is 10.8 Å². The molecule has 0 N–H and O–H groups in total. The lowest BCUT2D eigenvalue weighted by molar-refractivity contribution is -0.149. The highest BCUT2D eigenvalue weighted by atomic mass is 16.5. The summed E-state index contributed by atoms with van der Waals surface area (Å²) in [5.74, 6) is -0.724. The molecule has 0 bridgehead atoms. The number of ether oxygens (including phenoxy) is 1. The van der Waals surface area contributed by atoms with Crippen LogP contribution in [0.4, 0.5) is 0 Å². The standard InChI is InChI=1S/C18H21N3O4/c1-3-25-17(23)11-20(13-8-9-13)16(22)10-21-18(24)15-7-5-4-6-14(15)12(2)19-21/h4-7,13H,3,8-11H2,1-2H3.